The minimum absolute atomic E-state index is 0.102. The van der Waals surface area contributed by atoms with Gasteiger partial charge in [-0.2, -0.15) is 0 Å². The van der Waals surface area contributed by atoms with Crippen LogP contribution >= 0.6 is 11.6 Å². The molecular weight excluding hydrogens is 244 g/mol. The number of hydrogen-bond donors (Lipinski definition) is 2. The number of nitrogens with one attached hydrogen (secondary N) is 1. The van der Waals surface area contributed by atoms with Gasteiger partial charge in [-0.15, -0.1) is 0 Å². The van der Waals surface area contributed by atoms with E-state index >= 15 is 0 Å². The summed E-state index contributed by atoms with van der Waals surface area (Å²) in [6.45, 7) is 2.05. The Bertz CT molecular complexity index is 511. The number of hydrazine groups is 1. The van der Waals surface area contributed by atoms with E-state index in [1.54, 1.807) is 0 Å². The summed E-state index contributed by atoms with van der Waals surface area (Å²) >= 11 is 5.97. The molecule has 94 valence electrons. The van der Waals surface area contributed by atoms with Crippen LogP contribution in [0.3, 0.4) is 0 Å². The molecule has 1 atom stereocenters. The molecule has 0 spiro atoms. The molecule has 0 radical (unpaired) electrons. The van der Waals surface area contributed by atoms with Crippen LogP contribution < -0.4 is 11.3 Å². The number of benzene rings is 2. The zero-order valence-corrected chi connectivity index (χ0v) is 11.1. The predicted molar refractivity (Wildman–Crippen MR) is 76.4 cm³/mol. The Hall–Kier alpha value is -1.35. The number of aryl methyl sites for hydroxylation is 1. The van der Waals surface area contributed by atoms with Crippen molar-refractivity contribution < 1.29 is 0 Å². The lowest BCUT2D eigenvalue weighted by Gasteiger charge is -2.19. The Morgan fingerprint density at radius 2 is 1.89 bits per heavy atom. The predicted octanol–water partition coefficient (Wildman–Crippen LogP) is 3.40. The molecule has 3 N–H and O–H groups in total. The van der Waals surface area contributed by atoms with E-state index in [-0.39, 0.29) is 6.04 Å². The molecular formula is C15H17ClN2. The first kappa shape index (κ1) is 13.1. The van der Waals surface area contributed by atoms with Crippen LogP contribution in [0.2, 0.25) is 5.02 Å². The third-order valence-electron chi connectivity index (χ3n) is 3.09. The molecule has 0 saturated carbocycles. The van der Waals surface area contributed by atoms with Crippen LogP contribution in [0.15, 0.2) is 48.5 Å². The highest BCUT2D eigenvalue weighted by molar-refractivity contribution is 6.30. The number of rotatable bonds is 4. The van der Waals surface area contributed by atoms with Gasteiger partial charge in [0, 0.05) is 5.02 Å². The SMILES string of the molecule is Cc1cc(Cl)ccc1C(Cc1ccccc1)NN. The largest absolute Gasteiger partial charge is 0.271 e. The van der Waals surface area contributed by atoms with Gasteiger partial charge in [-0.25, -0.2) is 0 Å². The maximum Gasteiger partial charge on any atom is 0.0502 e. The normalized spacial score (nSPS) is 12.4. The highest BCUT2D eigenvalue weighted by Gasteiger charge is 2.12. The van der Waals surface area contributed by atoms with Crippen LogP contribution in [0.4, 0.5) is 0 Å². The molecule has 0 amide bonds. The van der Waals surface area contributed by atoms with Crippen LogP contribution in [0.1, 0.15) is 22.7 Å². The van der Waals surface area contributed by atoms with Crippen molar-refractivity contribution in [1.29, 1.82) is 0 Å². The van der Waals surface area contributed by atoms with Gasteiger partial charge in [-0.3, -0.25) is 11.3 Å². The van der Waals surface area contributed by atoms with Crippen LogP contribution in [0, 0.1) is 6.92 Å². The van der Waals surface area contributed by atoms with Gasteiger partial charge in [-0.1, -0.05) is 48.0 Å². The first-order chi connectivity index (χ1) is 8.70. The molecule has 0 fully saturated rings. The number of hydrogen-bond acceptors (Lipinski definition) is 2. The number of halogens is 1. The van der Waals surface area contributed by atoms with E-state index in [1.807, 2.05) is 36.4 Å². The van der Waals surface area contributed by atoms with Crippen molar-refractivity contribution in [1.82, 2.24) is 5.43 Å². The summed E-state index contributed by atoms with van der Waals surface area (Å²) in [5, 5.41) is 0.756. The second-order valence-corrected chi connectivity index (χ2v) is 4.85. The van der Waals surface area contributed by atoms with Crippen molar-refractivity contribution in [3.05, 3.63) is 70.2 Å². The molecule has 2 aromatic rings. The first-order valence-corrected chi connectivity index (χ1v) is 6.34. The molecule has 2 rings (SSSR count). The number of nitrogens with two attached hydrogens (primary N) is 1. The monoisotopic (exact) mass is 260 g/mol. The van der Waals surface area contributed by atoms with E-state index in [0.717, 1.165) is 17.0 Å². The Labute approximate surface area is 113 Å². The smallest absolute Gasteiger partial charge is 0.0502 e. The van der Waals surface area contributed by atoms with Gasteiger partial charge in [-0.05, 0) is 42.2 Å². The van der Waals surface area contributed by atoms with E-state index in [4.69, 9.17) is 17.4 Å². The quantitative estimate of drug-likeness (QED) is 0.653. The highest BCUT2D eigenvalue weighted by Crippen LogP contribution is 2.23. The van der Waals surface area contributed by atoms with Crippen LogP contribution in [0.5, 0.6) is 0 Å². The molecule has 0 aliphatic carbocycles. The van der Waals surface area contributed by atoms with Crippen molar-refractivity contribution in [3.8, 4) is 0 Å². The Morgan fingerprint density at radius 3 is 2.50 bits per heavy atom. The van der Waals surface area contributed by atoms with E-state index in [2.05, 4.69) is 24.5 Å². The first-order valence-electron chi connectivity index (χ1n) is 5.97. The van der Waals surface area contributed by atoms with Gasteiger partial charge in [0.15, 0.2) is 0 Å². The average molecular weight is 261 g/mol. The minimum Gasteiger partial charge on any atom is -0.271 e. The Kier molecular flexibility index (Phi) is 4.37. The Balaban J connectivity index is 2.23. The standard InChI is InChI=1S/C15H17ClN2/c1-11-9-13(16)7-8-14(11)15(18-17)10-12-5-3-2-4-6-12/h2-9,15,18H,10,17H2,1H3. The molecule has 0 aromatic heterocycles. The van der Waals surface area contributed by atoms with Crippen LogP contribution in [-0.2, 0) is 6.42 Å². The van der Waals surface area contributed by atoms with Gasteiger partial charge in [0.25, 0.3) is 0 Å². The lowest BCUT2D eigenvalue weighted by Crippen LogP contribution is -2.30. The average Bonchev–Trinajstić information content (AvgIpc) is 2.38. The van der Waals surface area contributed by atoms with Gasteiger partial charge in [0.1, 0.15) is 0 Å². The third kappa shape index (κ3) is 3.10. The fourth-order valence-corrected chi connectivity index (χ4v) is 2.37. The maximum atomic E-state index is 5.97. The zero-order chi connectivity index (χ0) is 13.0. The molecule has 0 heterocycles. The second kappa shape index (κ2) is 6.01. The maximum absolute atomic E-state index is 5.97. The summed E-state index contributed by atoms with van der Waals surface area (Å²) in [5.41, 5.74) is 6.48. The molecule has 18 heavy (non-hydrogen) atoms. The van der Waals surface area contributed by atoms with E-state index in [0.29, 0.717) is 0 Å². The summed E-state index contributed by atoms with van der Waals surface area (Å²) in [5.74, 6) is 5.68. The lowest BCUT2D eigenvalue weighted by molar-refractivity contribution is 0.549. The van der Waals surface area contributed by atoms with E-state index in [1.165, 1.54) is 11.1 Å². The van der Waals surface area contributed by atoms with Gasteiger partial charge in [0.05, 0.1) is 6.04 Å². The molecule has 3 heteroatoms. The van der Waals surface area contributed by atoms with Crippen LogP contribution in [0.25, 0.3) is 0 Å². The van der Waals surface area contributed by atoms with Crippen molar-refractivity contribution in [2.75, 3.05) is 0 Å². The summed E-state index contributed by atoms with van der Waals surface area (Å²) in [6, 6.07) is 16.3. The second-order valence-electron chi connectivity index (χ2n) is 4.41. The molecule has 0 bridgehead atoms. The van der Waals surface area contributed by atoms with Crippen molar-refractivity contribution in [2.24, 2.45) is 5.84 Å². The van der Waals surface area contributed by atoms with Gasteiger partial charge in [0.2, 0.25) is 0 Å². The van der Waals surface area contributed by atoms with E-state index in [9.17, 15) is 0 Å². The lowest BCUT2D eigenvalue weighted by atomic mass is 9.96. The summed E-state index contributed by atoms with van der Waals surface area (Å²) < 4.78 is 0. The van der Waals surface area contributed by atoms with Crippen molar-refractivity contribution >= 4 is 11.6 Å². The summed E-state index contributed by atoms with van der Waals surface area (Å²) in [4.78, 5) is 0. The zero-order valence-electron chi connectivity index (χ0n) is 10.4. The summed E-state index contributed by atoms with van der Waals surface area (Å²) in [7, 11) is 0. The fraction of sp³-hybridized carbons (Fsp3) is 0.200. The van der Waals surface area contributed by atoms with Gasteiger partial charge >= 0.3 is 0 Å². The molecule has 0 saturated heterocycles. The molecule has 0 aliphatic heterocycles. The Morgan fingerprint density at radius 1 is 1.17 bits per heavy atom. The summed E-state index contributed by atoms with van der Waals surface area (Å²) in [6.07, 6.45) is 0.861. The van der Waals surface area contributed by atoms with Gasteiger partial charge < -0.3 is 0 Å². The highest BCUT2D eigenvalue weighted by atomic mass is 35.5. The third-order valence-corrected chi connectivity index (χ3v) is 3.33. The molecule has 2 aromatic carbocycles. The van der Waals surface area contributed by atoms with E-state index < -0.39 is 0 Å². The topological polar surface area (TPSA) is 38.0 Å². The van der Waals surface area contributed by atoms with Crippen molar-refractivity contribution in [3.63, 3.8) is 0 Å². The van der Waals surface area contributed by atoms with Crippen LogP contribution in [-0.4, -0.2) is 0 Å². The molecule has 2 nitrogen and oxygen atoms in total. The fourth-order valence-electron chi connectivity index (χ4n) is 2.14. The minimum atomic E-state index is 0.102. The molecule has 1 unspecified atom stereocenters. The molecule has 0 aliphatic rings. The van der Waals surface area contributed by atoms with Crippen molar-refractivity contribution in [2.45, 2.75) is 19.4 Å².